The van der Waals surface area contributed by atoms with Crippen molar-refractivity contribution < 1.29 is 9.59 Å². The zero-order valence-corrected chi connectivity index (χ0v) is 23.0. The monoisotopic (exact) mass is 517 g/mol. The molecule has 38 heavy (non-hydrogen) atoms. The zero-order valence-electron chi connectivity index (χ0n) is 23.0. The van der Waals surface area contributed by atoms with Crippen molar-refractivity contribution in [1.29, 1.82) is 5.26 Å². The largest absolute Gasteiger partial charge is 0.343 e. The van der Waals surface area contributed by atoms with E-state index in [1.54, 1.807) is 18.2 Å². The fraction of sp³-hybridized carbons (Fsp3) is 0.567. The summed E-state index contributed by atoms with van der Waals surface area (Å²) in [5.74, 6) is 0.0463. The number of rotatable bonds is 7. The number of hydrogen-bond acceptors (Lipinski definition) is 5. The molecule has 0 bridgehead atoms. The Labute approximate surface area is 224 Å². The molecular weight excluding hydrogens is 478 g/mol. The minimum atomic E-state index is -0.648. The van der Waals surface area contributed by atoms with Crippen LogP contribution >= 0.6 is 0 Å². The van der Waals surface area contributed by atoms with Crippen LogP contribution in [0.3, 0.4) is 0 Å². The van der Waals surface area contributed by atoms with Gasteiger partial charge >= 0.3 is 0 Å². The van der Waals surface area contributed by atoms with Gasteiger partial charge < -0.3 is 10.2 Å². The third-order valence-electron chi connectivity index (χ3n) is 8.43. The number of benzene rings is 1. The van der Waals surface area contributed by atoms with Gasteiger partial charge in [0.05, 0.1) is 29.8 Å². The summed E-state index contributed by atoms with van der Waals surface area (Å²) in [7, 11) is 0. The predicted molar refractivity (Wildman–Crippen MR) is 146 cm³/mol. The zero-order chi connectivity index (χ0) is 27.4. The van der Waals surface area contributed by atoms with E-state index in [1.165, 1.54) is 19.3 Å². The van der Waals surface area contributed by atoms with Crippen LogP contribution in [0.4, 0.5) is 0 Å². The molecule has 1 saturated carbocycles. The first-order valence-corrected chi connectivity index (χ1v) is 13.8. The molecule has 1 saturated heterocycles. The Hall–Kier alpha value is -3.47. The molecule has 2 heterocycles. The van der Waals surface area contributed by atoms with Gasteiger partial charge in [-0.05, 0) is 88.6 Å². The average molecular weight is 518 g/mol. The standard InChI is InChI=1S/C30H39N5O3/c1-19-14-23(11-10-22(19)16-24-15-20(2)33-34-29(24)38)28(37)32-17-27(36)35-25(21-8-6-5-7-9-21)12-13-26(35)30(3,4)18-31/h10-11,14-15,21,25-26H,5-9,12-13,16-17H2,1-4H3,(H,32,37)(H,34,38)/t25-,26+/m0/s1. The average Bonchev–Trinajstić information content (AvgIpc) is 3.37. The number of hydrogen-bond donors (Lipinski definition) is 2. The fourth-order valence-electron chi connectivity index (χ4n) is 6.24. The second-order valence-corrected chi connectivity index (χ2v) is 11.6. The van der Waals surface area contributed by atoms with E-state index in [2.05, 4.69) is 21.6 Å². The highest BCUT2D eigenvalue weighted by molar-refractivity contribution is 5.96. The lowest BCUT2D eigenvalue weighted by atomic mass is 9.83. The molecule has 0 unspecified atom stereocenters. The van der Waals surface area contributed by atoms with Gasteiger partial charge in [-0.3, -0.25) is 14.4 Å². The SMILES string of the molecule is Cc1cc(Cc2ccc(C(=O)NCC(=O)N3[C@H](C4CCCCC4)CC[C@@H]3C(C)(C)C#N)cc2C)c(=O)[nH]n1. The first kappa shape index (κ1) is 27.6. The third-order valence-corrected chi connectivity index (χ3v) is 8.43. The van der Waals surface area contributed by atoms with Crippen LogP contribution in [-0.2, 0) is 11.2 Å². The highest BCUT2D eigenvalue weighted by Gasteiger charge is 2.47. The molecule has 2 aliphatic rings. The summed E-state index contributed by atoms with van der Waals surface area (Å²) in [5, 5.41) is 19.1. The minimum Gasteiger partial charge on any atom is -0.343 e. The van der Waals surface area contributed by atoms with Gasteiger partial charge in [-0.2, -0.15) is 10.4 Å². The molecule has 4 rings (SSSR count). The Bertz CT molecular complexity index is 1290. The Kier molecular flexibility index (Phi) is 8.35. The lowest BCUT2D eigenvalue weighted by Crippen LogP contribution is -2.52. The van der Waals surface area contributed by atoms with Crippen molar-refractivity contribution in [3.63, 3.8) is 0 Å². The van der Waals surface area contributed by atoms with Gasteiger partial charge in [0.15, 0.2) is 0 Å². The van der Waals surface area contributed by atoms with Crippen molar-refractivity contribution >= 4 is 11.8 Å². The Morgan fingerprint density at radius 1 is 1.11 bits per heavy atom. The molecule has 1 aromatic carbocycles. The molecule has 2 fully saturated rings. The maximum Gasteiger partial charge on any atom is 0.267 e. The molecule has 8 nitrogen and oxygen atoms in total. The van der Waals surface area contributed by atoms with Crippen LogP contribution in [0.25, 0.3) is 0 Å². The van der Waals surface area contributed by atoms with Gasteiger partial charge in [0.1, 0.15) is 0 Å². The number of nitrogens with zero attached hydrogens (tertiary/aromatic N) is 3. The number of aromatic amines is 1. The summed E-state index contributed by atoms with van der Waals surface area (Å²) < 4.78 is 0. The molecule has 0 radical (unpaired) electrons. The summed E-state index contributed by atoms with van der Waals surface area (Å²) in [4.78, 5) is 40.6. The number of H-pyrrole nitrogens is 1. The van der Waals surface area contributed by atoms with E-state index in [1.807, 2.05) is 38.7 Å². The molecule has 1 aliphatic carbocycles. The van der Waals surface area contributed by atoms with E-state index in [4.69, 9.17) is 0 Å². The highest BCUT2D eigenvalue weighted by atomic mass is 16.2. The van der Waals surface area contributed by atoms with Gasteiger partial charge in [-0.25, -0.2) is 5.10 Å². The molecule has 0 spiro atoms. The van der Waals surface area contributed by atoms with Crippen LogP contribution in [0.2, 0.25) is 0 Å². The van der Waals surface area contributed by atoms with E-state index < -0.39 is 5.41 Å². The van der Waals surface area contributed by atoms with Crippen LogP contribution in [-0.4, -0.2) is 45.5 Å². The van der Waals surface area contributed by atoms with Gasteiger partial charge in [-0.15, -0.1) is 0 Å². The molecule has 2 atom stereocenters. The quantitative estimate of drug-likeness (QED) is 0.571. The van der Waals surface area contributed by atoms with Crippen molar-refractivity contribution in [2.75, 3.05) is 6.54 Å². The predicted octanol–water partition coefficient (Wildman–Crippen LogP) is 4.20. The van der Waals surface area contributed by atoms with Gasteiger partial charge in [0.2, 0.25) is 5.91 Å². The second-order valence-electron chi connectivity index (χ2n) is 11.6. The van der Waals surface area contributed by atoms with Crippen LogP contribution in [0, 0.1) is 36.5 Å². The number of nitriles is 1. The van der Waals surface area contributed by atoms with Crippen molar-refractivity contribution in [2.24, 2.45) is 11.3 Å². The van der Waals surface area contributed by atoms with Crippen molar-refractivity contribution in [1.82, 2.24) is 20.4 Å². The van der Waals surface area contributed by atoms with Crippen LogP contribution in [0.15, 0.2) is 29.1 Å². The maximum absolute atomic E-state index is 13.6. The Morgan fingerprint density at radius 3 is 2.53 bits per heavy atom. The Morgan fingerprint density at radius 2 is 1.84 bits per heavy atom. The summed E-state index contributed by atoms with van der Waals surface area (Å²) >= 11 is 0. The van der Waals surface area contributed by atoms with E-state index in [-0.39, 0.29) is 36.0 Å². The lowest BCUT2D eigenvalue weighted by molar-refractivity contribution is -0.136. The van der Waals surface area contributed by atoms with Crippen molar-refractivity contribution in [3.05, 3.63) is 62.6 Å². The highest BCUT2D eigenvalue weighted by Crippen LogP contribution is 2.42. The van der Waals surface area contributed by atoms with Crippen molar-refractivity contribution in [3.8, 4) is 6.07 Å². The lowest BCUT2D eigenvalue weighted by Gasteiger charge is -2.40. The molecule has 1 aliphatic heterocycles. The molecule has 8 heteroatoms. The number of likely N-dealkylation sites (tertiary alicyclic amines) is 1. The first-order valence-electron chi connectivity index (χ1n) is 13.8. The smallest absolute Gasteiger partial charge is 0.267 e. The molecule has 2 amide bonds. The van der Waals surface area contributed by atoms with E-state index in [0.29, 0.717) is 23.5 Å². The number of carbonyl (C=O) groups is 2. The van der Waals surface area contributed by atoms with Crippen LogP contribution < -0.4 is 10.9 Å². The van der Waals surface area contributed by atoms with E-state index in [0.717, 1.165) is 42.5 Å². The molecule has 1 aromatic heterocycles. The summed E-state index contributed by atoms with van der Waals surface area (Å²) in [6, 6.07) is 9.54. The third kappa shape index (κ3) is 5.98. The van der Waals surface area contributed by atoms with Gasteiger partial charge in [-0.1, -0.05) is 25.3 Å². The maximum atomic E-state index is 13.6. The number of amides is 2. The minimum absolute atomic E-state index is 0.0907. The molecule has 202 valence electrons. The number of aryl methyl sites for hydroxylation is 2. The van der Waals surface area contributed by atoms with E-state index in [9.17, 15) is 19.6 Å². The van der Waals surface area contributed by atoms with Crippen molar-refractivity contribution in [2.45, 2.75) is 91.1 Å². The molecule has 2 aromatic rings. The summed E-state index contributed by atoms with van der Waals surface area (Å²) in [6.07, 6.45) is 8.06. The van der Waals surface area contributed by atoms with E-state index >= 15 is 0 Å². The first-order chi connectivity index (χ1) is 18.1. The van der Waals surface area contributed by atoms with Gasteiger partial charge in [0.25, 0.3) is 11.5 Å². The van der Waals surface area contributed by atoms with Crippen LogP contribution in [0.5, 0.6) is 0 Å². The number of carbonyl (C=O) groups excluding carboxylic acids is 2. The topological polar surface area (TPSA) is 119 Å². The van der Waals surface area contributed by atoms with Gasteiger partial charge in [0, 0.05) is 23.6 Å². The summed E-state index contributed by atoms with van der Waals surface area (Å²) in [6.45, 7) is 7.46. The molecule has 2 N–H and O–H groups in total. The molecular formula is C30H39N5O3. The summed E-state index contributed by atoms with van der Waals surface area (Å²) in [5.41, 5.74) is 2.80. The number of aromatic nitrogens is 2. The normalized spacial score (nSPS) is 20.2. The Balaban J connectivity index is 1.44. The van der Waals surface area contributed by atoms with Crippen LogP contribution in [0.1, 0.15) is 91.5 Å². The number of nitrogens with one attached hydrogen (secondary N) is 2. The second kappa shape index (κ2) is 11.5. The fourth-order valence-corrected chi connectivity index (χ4v) is 6.24.